The number of nitrogens with zero attached hydrogens (tertiary/aromatic N) is 2. The maximum Gasteiger partial charge on any atom is 0.322 e. The molecular formula is C21H20F3N3O2. The van der Waals surface area contributed by atoms with Gasteiger partial charge < -0.3 is 14.8 Å². The largest absolute Gasteiger partial charge is 0.322 e. The first-order valence-corrected chi connectivity index (χ1v) is 8.89. The molecule has 1 atom stereocenters. The molecule has 0 aliphatic heterocycles. The number of amides is 2. The van der Waals surface area contributed by atoms with Crippen LogP contribution < -0.4 is 10.9 Å². The van der Waals surface area contributed by atoms with Crippen LogP contribution in [0.3, 0.4) is 0 Å². The molecule has 0 saturated carbocycles. The standard InChI is InChI=1S/C21H20F3N3O2/c1-11-9-13(5-7-16(11)22)25-21(29)27(4)12(2)15-10-26(3)20(28)18-14(15)6-8-17(23)19(18)24/h5-10,12H,1-4H3,(H,25,29). The Bertz CT molecular complexity index is 1170. The molecule has 0 aliphatic carbocycles. The molecule has 29 heavy (non-hydrogen) atoms. The van der Waals surface area contributed by atoms with Crippen LogP contribution in [0.4, 0.5) is 23.7 Å². The van der Waals surface area contributed by atoms with Crippen LogP contribution >= 0.6 is 0 Å². The predicted molar refractivity (Wildman–Crippen MR) is 105 cm³/mol. The molecule has 0 saturated heterocycles. The number of carbonyl (C=O) groups excluding carboxylic acids is 1. The van der Waals surface area contributed by atoms with Crippen LogP contribution in [0.2, 0.25) is 0 Å². The van der Waals surface area contributed by atoms with Gasteiger partial charge in [0.25, 0.3) is 5.56 Å². The Morgan fingerprint density at radius 1 is 1.14 bits per heavy atom. The van der Waals surface area contributed by atoms with Crippen LogP contribution in [0.1, 0.15) is 24.1 Å². The first kappa shape index (κ1) is 20.4. The summed E-state index contributed by atoms with van der Waals surface area (Å²) in [5, 5.41) is 2.54. The van der Waals surface area contributed by atoms with E-state index in [4.69, 9.17) is 0 Å². The van der Waals surface area contributed by atoms with Gasteiger partial charge in [0.2, 0.25) is 0 Å². The van der Waals surface area contributed by atoms with E-state index in [1.54, 1.807) is 13.8 Å². The summed E-state index contributed by atoms with van der Waals surface area (Å²) in [6, 6.07) is 5.44. The average Bonchev–Trinajstić information content (AvgIpc) is 2.68. The molecule has 3 aromatic rings. The van der Waals surface area contributed by atoms with Crippen molar-refractivity contribution in [1.29, 1.82) is 0 Å². The summed E-state index contributed by atoms with van der Waals surface area (Å²) < 4.78 is 42.5. The third kappa shape index (κ3) is 3.70. The summed E-state index contributed by atoms with van der Waals surface area (Å²) in [5.41, 5.74) is 0.627. The highest BCUT2D eigenvalue weighted by Gasteiger charge is 2.23. The minimum Gasteiger partial charge on any atom is -0.321 e. The Hall–Kier alpha value is -3.29. The summed E-state index contributed by atoms with van der Waals surface area (Å²) in [6.45, 7) is 3.29. The maximum atomic E-state index is 14.3. The fraction of sp³-hybridized carbons (Fsp3) is 0.238. The number of halogens is 3. The van der Waals surface area contributed by atoms with Crippen molar-refractivity contribution in [2.45, 2.75) is 19.9 Å². The number of aryl methyl sites for hydroxylation is 2. The van der Waals surface area contributed by atoms with E-state index in [1.807, 2.05) is 0 Å². The molecule has 0 spiro atoms. The Morgan fingerprint density at radius 3 is 2.45 bits per heavy atom. The number of benzene rings is 2. The molecular weight excluding hydrogens is 383 g/mol. The molecule has 1 aromatic heterocycles. The van der Waals surface area contributed by atoms with Gasteiger partial charge in [-0.15, -0.1) is 0 Å². The van der Waals surface area contributed by atoms with Gasteiger partial charge in [0.1, 0.15) is 5.82 Å². The van der Waals surface area contributed by atoms with E-state index < -0.39 is 29.3 Å². The molecule has 3 rings (SSSR count). The highest BCUT2D eigenvalue weighted by atomic mass is 19.2. The molecule has 0 bridgehead atoms. The van der Waals surface area contributed by atoms with Crippen molar-refractivity contribution in [3.8, 4) is 0 Å². The number of hydrogen-bond donors (Lipinski definition) is 1. The van der Waals surface area contributed by atoms with Gasteiger partial charge >= 0.3 is 6.03 Å². The number of aromatic nitrogens is 1. The molecule has 1 heterocycles. The van der Waals surface area contributed by atoms with Crippen LogP contribution in [0.15, 0.2) is 41.3 Å². The highest BCUT2D eigenvalue weighted by molar-refractivity contribution is 5.91. The fourth-order valence-electron chi connectivity index (χ4n) is 3.16. The van der Waals surface area contributed by atoms with Crippen molar-refractivity contribution in [3.05, 3.63) is 75.5 Å². The number of nitrogens with one attached hydrogen (secondary N) is 1. The van der Waals surface area contributed by atoms with Crippen molar-refractivity contribution >= 4 is 22.5 Å². The molecule has 0 aliphatic rings. The van der Waals surface area contributed by atoms with E-state index in [0.29, 0.717) is 16.8 Å². The SMILES string of the molecule is Cc1cc(NC(=O)N(C)C(C)c2cn(C)c(=O)c3c(F)c(F)ccc23)ccc1F. The molecule has 1 N–H and O–H groups in total. The van der Waals surface area contributed by atoms with Crippen molar-refractivity contribution < 1.29 is 18.0 Å². The quantitative estimate of drug-likeness (QED) is 0.701. The summed E-state index contributed by atoms with van der Waals surface area (Å²) in [7, 11) is 2.97. The second-order valence-corrected chi connectivity index (χ2v) is 6.97. The van der Waals surface area contributed by atoms with E-state index in [1.165, 1.54) is 49.5 Å². The van der Waals surface area contributed by atoms with Gasteiger partial charge in [-0.05, 0) is 54.6 Å². The summed E-state index contributed by atoms with van der Waals surface area (Å²) >= 11 is 0. The molecule has 152 valence electrons. The van der Waals surface area contributed by atoms with Crippen molar-refractivity contribution in [2.24, 2.45) is 7.05 Å². The lowest BCUT2D eigenvalue weighted by Gasteiger charge is -2.27. The highest BCUT2D eigenvalue weighted by Crippen LogP contribution is 2.28. The minimum atomic E-state index is -1.22. The Kier molecular flexibility index (Phi) is 5.37. The zero-order valence-electron chi connectivity index (χ0n) is 16.4. The number of carbonyl (C=O) groups is 1. The molecule has 0 fully saturated rings. The second kappa shape index (κ2) is 7.62. The Labute approximate surface area is 165 Å². The van der Waals surface area contributed by atoms with Gasteiger partial charge in [0.05, 0.1) is 11.4 Å². The van der Waals surface area contributed by atoms with Crippen molar-refractivity contribution in [1.82, 2.24) is 9.47 Å². The third-order valence-corrected chi connectivity index (χ3v) is 5.03. The Balaban J connectivity index is 1.98. The first-order valence-electron chi connectivity index (χ1n) is 8.89. The van der Waals surface area contributed by atoms with Gasteiger partial charge in [0.15, 0.2) is 11.6 Å². The monoisotopic (exact) mass is 403 g/mol. The van der Waals surface area contributed by atoms with Gasteiger partial charge in [-0.2, -0.15) is 0 Å². The topological polar surface area (TPSA) is 54.3 Å². The van der Waals surface area contributed by atoms with Gasteiger partial charge in [-0.3, -0.25) is 4.79 Å². The zero-order valence-corrected chi connectivity index (χ0v) is 16.4. The van der Waals surface area contributed by atoms with Crippen molar-refractivity contribution in [3.63, 3.8) is 0 Å². The number of pyridine rings is 1. The van der Waals surface area contributed by atoms with Gasteiger partial charge in [0, 0.05) is 26.0 Å². The maximum absolute atomic E-state index is 14.3. The van der Waals surface area contributed by atoms with Crippen LogP contribution in [-0.4, -0.2) is 22.5 Å². The number of urea groups is 1. The lowest BCUT2D eigenvalue weighted by Crippen LogP contribution is -2.34. The van der Waals surface area contributed by atoms with Gasteiger partial charge in [-0.25, -0.2) is 18.0 Å². The predicted octanol–water partition coefficient (Wildman–Crippen LogP) is 4.49. The van der Waals surface area contributed by atoms with E-state index >= 15 is 0 Å². The fourth-order valence-corrected chi connectivity index (χ4v) is 3.16. The summed E-state index contributed by atoms with van der Waals surface area (Å²) in [5.74, 6) is -2.71. The van der Waals surface area contributed by atoms with E-state index in [0.717, 1.165) is 10.6 Å². The van der Waals surface area contributed by atoms with E-state index in [-0.39, 0.29) is 16.6 Å². The number of fused-ring (bicyclic) bond motifs is 1. The van der Waals surface area contributed by atoms with Crippen LogP contribution in [0.5, 0.6) is 0 Å². The molecule has 8 heteroatoms. The van der Waals surface area contributed by atoms with E-state index in [2.05, 4.69) is 5.32 Å². The first-order chi connectivity index (χ1) is 13.6. The van der Waals surface area contributed by atoms with Crippen LogP contribution in [0.25, 0.3) is 10.8 Å². The lowest BCUT2D eigenvalue weighted by atomic mass is 10.0. The zero-order chi connectivity index (χ0) is 21.5. The van der Waals surface area contributed by atoms with E-state index in [9.17, 15) is 22.8 Å². The Morgan fingerprint density at radius 2 is 1.79 bits per heavy atom. The number of rotatable bonds is 3. The minimum absolute atomic E-state index is 0.233. The average molecular weight is 403 g/mol. The normalized spacial score (nSPS) is 12.1. The third-order valence-electron chi connectivity index (χ3n) is 5.03. The molecule has 5 nitrogen and oxygen atoms in total. The molecule has 0 radical (unpaired) electrons. The number of anilines is 1. The van der Waals surface area contributed by atoms with Crippen LogP contribution in [-0.2, 0) is 7.05 Å². The molecule has 1 unspecified atom stereocenters. The number of hydrogen-bond acceptors (Lipinski definition) is 2. The lowest BCUT2D eigenvalue weighted by molar-refractivity contribution is 0.208. The van der Waals surface area contributed by atoms with Crippen LogP contribution in [0, 0.1) is 24.4 Å². The summed E-state index contributed by atoms with van der Waals surface area (Å²) in [4.78, 5) is 26.3. The smallest absolute Gasteiger partial charge is 0.321 e. The molecule has 2 aromatic carbocycles. The summed E-state index contributed by atoms with van der Waals surface area (Å²) in [6.07, 6.45) is 1.50. The second-order valence-electron chi connectivity index (χ2n) is 6.97. The van der Waals surface area contributed by atoms with Gasteiger partial charge in [-0.1, -0.05) is 6.07 Å². The van der Waals surface area contributed by atoms with Crippen molar-refractivity contribution in [2.75, 3.05) is 12.4 Å². The molecule has 2 amide bonds.